The molecule has 0 bridgehead atoms. The van der Waals surface area contributed by atoms with Gasteiger partial charge in [0, 0.05) is 17.9 Å². The van der Waals surface area contributed by atoms with Crippen LogP contribution >= 0.6 is 15.2 Å². The Bertz CT molecular complexity index is 1660. The van der Waals surface area contributed by atoms with Crippen LogP contribution in [-0.4, -0.2) is 58.0 Å². The first kappa shape index (κ1) is 55.8. The summed E-state index contributed by atoms with van der Waals surface area (Å²) in [6.45, 7) is 12.5. The Morgan fingerprint density at radius 2 is 0.930 bits per heavy atom. The minimum atomic E-state index is -3.68. The summed E-state index contributed by atoms with van der Waals surface area (Å²) in [6, 6.07) is 28.8. The average molecular weight is 845 g/mol. The van der Waals surface area contributed by atoms with E-state index in [9.17, 15) is 14.2 Å². The Kier molecular flexibility index (Phi) is 32.9. The highest BCUT2D eigenvalue weighted by Gasteiger charge is 2.10. The van der Waals surface area contributed by atoms with Crippen LogP contribution < -0.4 is 0 Å². The number of unbranched alkanes of at least 4 members (excludes halogenated alkanes) is 1. The summed E-state index contributed by atoms with van der Waals surface area (Å²) in [5.74, 6) is 0.152. The maximum Gasteiger partial charge on any atom is 0.325 e. The quantitative estimate of drug-likeness (QED) is 0.0325. The van der Waals surface area contributed by atoms with Crippen molar-refractivity contribution in [3.8, 4) is 5.75 Å². The molecule has 15 nitrogen and oxygen atoms in total. The lowest BCUT2D eigenvalue weighted by Gasteiger charge is -2.01. The van der Waals surface area contributed by atoms with Crippen LogP contribution in [-0.2, 0) is 61.5 Å². The number of phenolic OH excluding ortho intramolecular Hbond substituents is 1. The Morgan fingerprint density at radius 1 is 0.491 bits per heavy atom. The molecule has 4 rings (SSSR count). The van der Waals surface area contributed by atoms with Crippen LogP contribution in [0.5, 0.6) is 5.75 Å². The lowest BCUT2D eigenvalue weighted by molar-refractivity contribution is -0.253. The van der Waals surface area contributed by atoms with Crippen molar-refractivity contribution in [2.45, 2.75) is 93.7 Å². The molecular weight excluding hydrogens is 782 g/mol. The number of phenols is 1. The predicted molar refractivity (Wildman–Crippen MR) is 220 cm³/mol. The Labute approximate surface area is 336 Å². The van der Waals surface area contributed by atoms with Crippen molar-refractivity contribution in [1.29, 1.82) is 0 Å². The van der Waals surface area contributed by atoms with E-state index in [0.29, 0.717) is 18.4 Å². The van der Waals surface area contributed by atoms with Gasteiger partial charge in [0.1, 0.15) is 32.2 Å². The zero-order valence-electron chi connectivity index (χ0n) is 33.6. The fourth-order valence-electron chi connectivity index (χ4n) is 4.10. The molecule has 0 atom stereocenters. The van der Waals surface area contributed by atoms with E-state index in [-0.39, 0.29) is 44.5 Å². The third-order valence-corrected chi connectivity index (χ3v) is 9.04. The van der Waals surface area contributed by atoms with Crippen molar-refractivity contribution in [2.75, 3.05) is 12.3 Å². The zero-order valence-corrected chi connectivity index (χ0v) is 35.4. The van der Waals surface area contributed by atoms with Crippen LogP contribution in [0, 0.1) is 20.8 Å². The molecule has 0 amide bonds. The lowest BCUT2D eigenvalue weighted by Crippen LogP contribution is -1.88. The second-order valence-electron chi connectivity index (χ2n) is 12.5. The molecule has 0 aliphatic rings. The van der Waals surface area contributed by atoms with Gasteiger partial charge in [-0.2, -0.15) is 0 Å². The van der Waals surface area contributed by atoms with E-state index in [4.69, 9.17) is 40.6 Å². The number of rotatable bonds is 14. The summed E-state index contributed by atoms with van der Waals surface area (Å²) in [7, 11) is -7.35. The molecule has 0 saturated heterocycles. The van der Waals surface area contributed by atoms with Gasteiger partial charge < -0.3 is 24.7 Å². The molecule has 0 aliphatic carbocycles. The minimum Gasteiger partial charge on any atom is -0.508 e. The SMILES string of the molecule is CCCCP(=O)(O)O.CCCP(=O)(O)O.CCc1ccc(COO)cc1.Cc1ccc(COO)c(O)c1.Cc1ccc(COO)cc1.Cc1cccc(COO)c1. The van der Waals surface area contributed by atoms with E-state index in [1.54, 1.807) is 19.1 Å². The van der Waals surface area contributed by atoms with Gasteiger partial charge in [-0.3, -0.25) is 30.2 Å². The second kappa shape index (κ2) is 33.6. The van der Waals surface area contributed by atoms with Gasteiger partial charge in [0.05, 0.1) is 0 Å². The molecule has 0 fully saturated rings. The number of hydrogen-bond donors (Lipinski definition) is 9. The first-order valence-corrected chi connectivity index (χ1v) is 21.6. The third-order valence-electron chi connectivity index (χ3n) is 7.11. The number of hydrogen-bond acceptors (Lipinski definition) is 11. The highest BCUT2D eigenvalue weighted by atomic mass is 31.2. The van der Waals surface area contributed by atoms with Gasteiger partial charge in [-0.05, 0) is 73.9 Å². The Hall–Kier alpha value is -3.34. The van der Waals surface area contributed by atoms with Crippen molar-refractivity contribution in [2.24, 2.45) is 0 Å². The van der Waals surface area contributed by atoms with E-state index in [1.165, 1.54) is 16.7 Å². The molecule has 4 aromatic rings. The maximum atomic E-state index is 10.1. The molecule has 0 radical (unpaired) electrons. The summed E-state index contributed by atoms with van der Waals surface area (Å²) in [6.07, 6.45) is 3.08. The van der Waals surface area contributed by atoms with Gasteiger partial charge in [-0.1, -0.05) is 123 Å². The van der Waals surface area contributed by atoms with Gasteiger partial charge in [0.25, 0.3) is 0 Å². The summed E-state index contributed by atoms with van der Waals surface area (Å²) >= 11 is 0. The van der Waals surface area contributed by atoms with Crippen LogP contribution in [0.25, 0.3) is 0 Å². The van der Waals surface area contributed by atoms with Gasteiger partial charge in [0.2, 0.25) is 0 Å². The molecule has 322 valence electrons. The van der Waals surface area contributed by atoms with Crippen LogP contribution in [0.2, 0.25) is 0 Å². The standard InChI is InChI=1S/C9H12O2.C8H10O3.2C8H10O2.C4H11O3P.C3H9O3P/c1-2-8-3-5-9(6-4-8)7-11-10;1-6-2-3-7(5-11-10)8(9)4-6;1-7-2-4-8(5-3-7)6-10-9;1-7-3-2-4-8(5-7)6-10-9;1-2-3-4-8(5,6)7;1-2-3-7(4,5)6/h3-6,10H,2,7H2,1H3;2-4,9-10H,5H2,1H3;2*2-5,9H,6H2,1H3;2-4H2,1H3,(H2,5,6,7);2-3H2,1H3,(H2,4,5,6). The normalized spacial score (nSPS) is 10.4. The van der Waals surface area contributed by atoms with Crippen molar-refractivity contribution in [3.63, 3.8) is 0 Å². The van der Waals surface area contributed by atoms with Crippen LogP contribution in [0.1, 0.15) is 84.5 Å². The second-order valence-corrected chi connectivity index (χ2v) is 16.1. The molecule has 0 unspecified atom stereocenters. The largest absolute Gasteiger partial charge is 0.508 e. The molecule has 0 aliphatic heterocycles. The molecule has 0 saturated carbocycles. The fourth-order valence-corrected chi connectivity index (χ4v) is 5.41. The van der Waals surface area contributed by atoms with E-state index < -0.39 is 15.2 Å². The van der Waals surface area contributed by atoms with E-state index >= 15 is 0 Å². The predicted octanol–water partition coefficient (Wildman–Crippen LogP) is 9.44. The topological polar surface area (TPSA) is 253 Å². The van der Waals surface area contributed by atoms with Crippen LogP contribution in [0.4, 0.5) is 0 Å². The first-order chi connectivity index (χ1) is 26.9. The molecule has 17 heteroatoms. The van der Waals surface area contributed by atoms with Crippen LogP contribution in [0.15, 0.2) is 91.0 Å². The first-order valence-electron chi connectivity index (χ1n) is 18.0. The van der Waals surface area contributed by atoms with E-state index in [0.717, 1.165) is 35.1 Å². The van der Waals surface area contributed by atoms with E-state index in [2.05, 4.69) is 26.5 Å². The maximum absolute atomic E-state index is 10.1. The van der Waals surface area contributed by atoms with Crippen LogP contribution in [0.3, 0.4) is 0 Å². The molecule has 0 spiro atoms. The van der Waals surface area contributed by atoms with Gasteiger partial charge in [-0.15, -0.1) is 0 Å². The summed E-state index contributed by atoms with van der Waals surface area (Å²) in [5.41, 5.74) is 8.20. The molecule has 4 aromatic carbocycles. The van der Waals surface area contributed by atoms with E-state index in [1.807, 2.05) is 107 Å². The van der Waals surface area contributed by atoms with Crippen molar-refractivity contribution >= 4 is 15.2 Å². The lowest BCUT2D eigenvalue weighted by atomic mass is 10.1. The summed E-state index contributed by atoms with van der Waals surface area (Å²) in [4.78, 5) is 48.6. The minimum absolute atomic E-state index is 0.00694. The average Bonchev–Trinajstić information content (AvgIpc) is 3.14. The summed E-state index contributed by atoms with van der Waals surface area (Å²) < 4.78 is 20.0. The van der Waals surface area contributed by atoms with Crippen molar-refractivity contribution < 1.29 is 74.4 Å². The van der Waals surface area contributed by atoms with Crippen molar-refractivity contribution in [1.82, 2.24) is 0 Å². The highest BCUT2D eigenvalue weighted by molar-refractivity contribution is 7.52. The Morgan fingerprint density at radius 3 is 1.30 bits per heavy atom. The number of aryl methyl sites for hydroxylation is 4. The van der Waals surface area contributed by atoms with Gasteiger partial charge >= 0.3 is 15.2 Å². The molecule has 57 heavy (non-hydrogen) atoms. The molecular formula is C40H62O15P2. The molecule has 0 aromatic heterocycles. The Balaban J connectivity index is 0. The molecule has 0 heterocycles. The van der Waals surface area contributed by atoms with Gasteiger partial charge in [-0.25, -0.2) is 19.6 Å². The summed E-state index contributed by atoms with van der Waals surface area (Å²) in [5, 5.41) is 41.7. The smallest absolute Gasteiger partial charge is 0.325 e. The number of benzene rings is 4. The third kappa shape index (κ3) is 34.4. The van der Waals surface area contributed by atoms with Gasteiger partial charge in [0.15, 0.2) is 0 Å². The molecule has 9 N–H and O–H groups in total. The monoisotopic (exact) mass is 844 g/mol. The highest BCUT2D eigenvalue weighted by Crippen LogP contribution is 2.35. The van der Waals surface area contributed by atoms with Crippen molar-refractivity contribution in [3.05, 3.63) is 136 Å². The zero-order chi connectivity index (χ0) is 43.7. The number of aromatic hydroxyl groups is 1. The fraction of sp³-hybridized carbons (Fsp3) is 0.400.